The summed E-state index contributed by atoms with van der Waals surface area (Å²) in [7, 11) is 0. The zero-order chi connectivity index (χ0) is 17.0. The fourth-order valence-corrected chi connectivity index (χ4v) is 2.59. The number of benzene rings is 2. The Hall–Kier alpha value is -0.940. The fraction of sp³-hybridized carbons (Fsp3) is 0.188. The van der Waals surface area contributed by atoms with Crippen molar-refractivity contribution < 1.29 is 4.79 Å². The molecule has 0 aliphatic carbocycles. The lowest BCUT2D eigenvalue weighted by molar-refractivity contribution is 0.0942. The minimum atomic E-state index is -1.72. The van der Waals surface area contributed by atoms with Crippen LogP contribution < -0.4 is 10.6 Å². The van der Waals surface area contributed by atoms with Crippen LogP contribution in [0.2, 0.25) is 0 Å². The Balaban J connectivity index is 2.16. The molecule has 2 rings (SSSR count). The first-order chi connectivity index (χ1) is 10.8. The minimum Gasteiger partial charge on any atom is -0.362 e. The zero-order valence-corrected chi connectivity index (χ0v) is 16.0. The number of rotatable bonds is 4. The monoisotopic (exact) mass is 434 g/mol. The van der Waals surface area contributed by atoms with E-state index in [0.717, 1.165) is 10.0 Å². The van der Waals surface area contributed by atoms with E-state index in [1.165, 1.54) is 0 Å². The molecule has 0 saturated carbocycles. The molecule has 0 aliphatic heterocycles. The summed E-state index contributed by atoms with van der Waals surface area (Å²) in [6.45, 7) is 1.95. The molecule has 1 amide bonds. The fourth-order valence-electron chi connectivity index (χ4n) is 1.86. The maximum Gasteiger partial charge on any atom is 0.252 e. The van der Waals surface area contributed by atoms with Crippen LogP contribution in [0.25, 0.3) is 0 Å². The lowest BCUT2D eigenvalue weighted by Crippen LogP contribution is -2.49. The molecule has 0 unspecified atom stereocenters. The van der Waals surface area contributed by atoms with Crippen molar-refractivity contribution in [3.8, 4) is 0 Å². The Morgan fingerprint density at radius 2 is 1.78 bits per heavy atom. The summed E-state index contributed by atoms with van der Waals surface area (Å²) in [6, 6.07) is 14.5. The number of nitrogens with one attached hydrogen (secondary N) is 2. The predicted octanol–water partition coefficient (Wildman–Crippen LogP) is 5.30. The number of hydrogen-bond acceptors (Lipinski definition) is 2. The molecule has 1 atom stereocenters. The average molecular weight is 437 g/mol. The molecule has 23 heavy (non-hydrogen) atoms. The van der Waals surface area contributed by atoms with Crippen LogP contribution in [0.1, 0.15) is 15.9 Å². The lowest BCUT2D eigenvalue weighted by atomic mass is 10.1. The van der Waals surface area contributed by atoms with Gasteiger partial charge in [0.2, 0.25) is 3.79 Å². The van der Waals surface area contributed by atoms with Crippen LogP contribution in [-0.4, -0.2) is 15.9 Å². The quantitative estimate of drug-likeness (QED) is 0.505. The Labute approximate surface area is 158 Å². The van der Waals surface area contributed by atoms with Crippen molar-refractivity contribution in [3.63, 3.8) is 0 Å². The molecular weight excluding hydrogens is 422 g/mol. The number of carbonyl (C=O) groups is 1. The molecule has 0 spiro atoms. The second kappa shape index (κ2) is 7.75. The maximum absolute atomic E-state index is 12.3. The Morgan fingerprint density at radius 1 is 1.13 bits per heavy atom. The van der Waals surface area contributed by atoms with E-state index in [9.17, 15) is 4.79 Å². The van der Waals surface area contributed by atoms with Gasteiger partial charge in [0.25, 0.3) is 5.91 Å². The predicted molar refractivity (Wildman–Crippen MR) is 100 cm³/mol. The van der Waals surface area contributed by atoms with Crippen molar-refractivity contribution in [2.75, 3.05) is 5.32 Å². The highest BCUT2D eigenvalue weighted by Gasteiger charge is 2.34. The number of alkyl halides is 3. The summed E-state index contributed by atoms with van der Waals surface area (Å²) in [6.07, 6.45) is -0.893. The van der Waals surface area contributed by atoms with Crippen LogP contribution in [0.3, 0.4) is 0 Å². The van der Waals surface area contributed by atoms with Crippen molar-refractivity contribution in [3.05, 3.63) is 64.1 Å². The van der Waals surface area contributed by atoms with Gasteiger partial charge >= 0.3 is 0 Å². The van der Waals surface area contributed by atoms with Gasteiger partial charge in [-0.1, -0.05) is 74.5 Å². The molecule has 122 valence electrons. The van der Waals surface area contributed by atoms with E-state index in [2.05, 4.69) is 26.6 Å². The van der Waals surface area contributed by atoms with Gasteiger partial charge in [-0.3, -0.25) is 4.79 Å². The van der Waals surface area contributed by atoms with Crippen molar-refractivity contribution >= 4 is 62.3 Å². The summed E-state index contributed by atoms with van der Waals surface area (Å²) in [5, 5.41) is 5.71. The topological polar surface area (TPSA) is 41.1 Å². The highest BCUT2D eigenvalue weighted by Crippen LogP contribution is 2.31. The molecule has 0 radical (unpaired) electrons. The highest BCUT2D eigenvalue weighted by molar-refractivity contribution is 9.10. The molecule has 0 heterocycles. The van der Waals surface area contributed by atoms with E-state index in [-0.39, 0.29) is 5.91 Å². The van der Waals surface area contributed by atoms with E-state index in [1.807, 2.05) is 43.3 Å². The third-order valence-corrected chi connectivity index (χ3v) is 4.20. The Kier molecular flexibility index (Phi) is 6.20. The second-order valence-electron chi connectivity index (χ2n) is 4.97. The van der Waals surface area contributed by atoms with Crippen LogP contribution >= 0.6 is 50.7 Å². The number of aryl methyl sites for hydroxylation is 1. The van der Waals surface area contributed by atoms with Gasteiger partial charge in [-0.2, -0.15) is 0 Å². The first-order valence-electron chi connectivity index (χ1n) is 6.72. The summed E-state index contributed by atoms with van der Waals surface area (Å²) in [4.78, 5) is 12.3. The number of halogens is 4. The molecule has 0 saturated heterocycles. The van der Waals surface area contributed by atoms with Gasteiger partial charge in [0.15, 0.2) is 0 Å². The summed E-state index contributed by atoms with van der Waals surface area (Å²) in [5.74, 6) is -0.330. The smallest absolute Gasteiger partial charge is 0.252 e. The van der Waals surface area contributed by atoms with Crippen LogP contribution in [0, 0.1) is 6.92 Å². The van der Waals surface area contributed by atoms with Crippen LogP contribution in [-0.2, 0) is 0 Å². The molecule has 0 bridgehead atoms. The third kappa shape index (κ3) is 5.57. The first kappa shape index (κ1) is 18.4. The number of hydrogen-bond donors (Lipinski definition) is 2. The number of carbonyl (C=O) groups excluding carboxylic acids is 1. The molecule has 2 N–H and O–H groups in total. The molecule has 7 heteroatoms. The van der Waals surface area contributed by atoms with Crippen molar-refractivity contribution in [1.82, 2.24) is 5.32 Å². The highest BCUT2D eigenvalue weighted by atomic mass is 79.9. The lowest BCUT2D eigenvalue weighted by Gasteiger charge is -2.27. The third-order valence-electron chi connectivity index (χ3n) is 3.05. The summed E-state index contributed by atoms with van der Waals surface area (Å²) < 4.78 is -0.849. The first-order valence-corrected chi connectivity index (χ1v) is 8.65. The van der Waals surface area contributed by atoms with E-state index in [4.69, 9.17) is 34.8 Å². The van der Waals surface area contributed by atoms with Gasteiger partial charge in [0.05, 0.1) is 0 Å². The van der Waals surface area contributed by atoms with Gasteiger partial charge < -0.3 is 10.6 Å². The summed E-state index contributed by atoms with van der Waals surface area (Å²) in [5.41, 5.74) is 2.26. The SMILES string of the molecule is Cc1ccc(C(=O)N[C@@H](Nc2cccc(Br)c2)C(Cl)(Cl)Cl)cc1. The molecule has 0 aliphatic rings. The molecule has 0 fully saturated rings. The second-order valence-corrected chi connectivity index (χ2v) is 8.25. The van der Waals surface area contributed by atoms with Gasteiger partial charge in [-0.15, -0.1) is 0 Å². The van der Waals surface area contributed by atoms with Crippen molar-refractivity contribution in [2.45, 2.75) is 16.9 Å². The van der Waals surface area contributed by atoms with Gasteiger partial charge in [0.1, 0.15) is 6.17 Å². The van der Waals surface area contributed by atoms with Gasteiger partial charge in [-0.25, -0.2) is 0 Å². The Bertz CT molecular complexity index is 686. The normalized spacial score (nSPS) is 12.6. The van der Waals surface area contributed by atoms with E-state index >= 15 is 0 Å². The summed E-state index contributed by atoms with van der Waals surface area (Å²) >= 11 is 21.3. The molecule has 2 aromatic rings. The van der Waals surface area contributed by atoms with E-state index in [0.29, 0.717) is 11.3 Å². The molecular formula is C16H14BrCl3N2O. The number of amides is 1. The van der Waals surface area contributed by atoms with E-state index in [1.54, 1.807) is 12.1 Å². The minimum absolute atomic E-state index is 0.330. The molecule has 2 aromatic carbocycles. The number of anilines is 1. The van der Waals surface area contributed by atoms with Crippen LogP contribution in [0.4, 0.5) is 5.69 Å². The van der Waals surface area contributed by atoms with Crippen molar-refractivity contribution in [2.24, 2.45) is 0 Å². The van der Waals surface area contributed by atoms with Crippen molar-refractivity contribution in [1.29, 1.82) is 0 Å². The largest absolute Gasteiger partial charge is 0.362 e. The zero-order valence-electron chi connectivity index (χ0n) is 12.1. The standard InChI is InChI=1S/C16H14BrCl3N2O/c1-10-5-7-11(8-6-10)14(23)22-15(16(18,19)20)21-13-4-2-3-12(17)9-13/h2-9,15,21H,1H3,(H,22,23)/t15-/m1/s1. The van der Waals surface area contributed by atoms with Crippen LogP contribution in [0.15, 0.2) is 53.0 Å². The van der Waals surface area contributed by atoms with E-state index < -0.39 is 9.96 Å². The molecule has 0 aromatic heterocycles. The van der Waals surface area contributed by atoms with Crippen LogP contribution in [0.5, 0.6) is 0 Å². The maximum atomic E-state index is 12.3. The van der Waals surface area contributed by atoms with Gasteiger partial charge in [-0.05, 0) is 37.3 Å². The van der Waals surface area contributed by atoms with Gasteiger partial charge in [0, 0.05) is 15.7 Å². The average Bonchev–Trinajstić information content (AvgIpc) is 2.46. The Morgan fingerprint density at radius 3 is 2.35 bits per heavy atom. The molecule has 3 nitrogen and oxygen atoms in total.